The summed E-state index contributed by atoms with van der Waals surface area (Å²) in [4.78, 5) is 36.0. The second-order valence-corrected chi connectivity index (χ2v) is 7.07. The van der Waals surface area contributed by atoms with E-state index in [2.05, 4.69) is 17.6 Å². The van der Waals surface area contributed by atoms with Crippen LogP contribution in [-0.4, -0.2) is 44.8 Å². The monoisotopic (exact) mass is 412 g/mol. The minimum Gasteiger partial charge on any atom is -0.493 e. The van der Waals surface area contributed by atoms with Gasteiger partial charge in [0.1, 0.15) is 0 Å². The number of halogens is 1. The predicted molar refractivity (Wildman–Crippen MR) is 103 cm³/mol. The van der Waals surface area contributed by atoms with E-state index in [1.807, 2.05) is 0 Å². The first-order valence-corrected chi connectivity index (χ1v) is 9.42. The average molecular weight is 413 g/mol. The fraction of sp³-hybridized carbons (Fsp3) is 0.526. The first-order chi connectivity index (χ1) is 13.3. The molecule has 3 amide bonds. The molecule has 1 saturated carbocycles. The van der Waals surface area contributed by atoms with Crippen LogP contribution in [0.25, 0.3) is 0 Å². The van der Waals surface area contributed by atoms with Crippen LogP contribution in [0.15, 0.2) is 12.1 Å². The summed E-state index contributed by atoms with van der Waals surface area (Å²) in [6.07, 6.45) is 4.13. The van der Waals surface area contributed by atoms with Crippen molar-refractivity contribution in [3.05, 3.63) is 22.7 Å². The zero-order valence-electron chi connectivity index (χ0n) is 16.2. The first kappa shape index (κ1) is 21.8. The molecule has 1 aliphatic rings. The summed E-state index contributed by atoms with van der Waals surface area (Å²) in [5.41, 5.74) is 0.0935. The summed E-state index contributed by atoms with van der Waals surface area (Å²) in [5.74, 6) is -0.595. The summed E-state index contributed by atoms with van der Waals surface area (Å²) in [6, 6.07) is 2.19. The lowest BCUT2D eigenvalue weighted by molar-refractivity contribution is -0.123. The third-order valence-corrected chi connectivity index (χ3v) is 4.97. The van der Waals surface area contributed by atoms with Crippen LogP contribution in [0.1, 0.15) is 43.0 Å². The molecule has 0 aliphatic heterocycles. The molecular formula is C19H25ClN2O6. The molecule has 1 aromatic carbocycles. The highest BCUT2D eigenvalue weighted by Crippen LogP contribution is 2.36. The number of imide groups is 1. The maximum atomic E-state index is 12.2. The lowest BCUT2D eigenvalue weighted by Crippen LogP contribution is -2.48. The molecule has 0 heterocycles. The van der Waals surface area contributed by atoms with Crippen LogP contribution in [0.3, 0.4) is 0 Å². The van der Waals surface area contributed by atoms with E-state index < -0.39 is 24.5 Å². The molecule has 0 aromatic heterocycles. The number of urea groups is 1. The molecule has 2 atom stereocenters. The summed E-state index contributed by atoms with van der Waals surface area (Å²) in [7, 11) is 2.83. The Hall–Kier alpha value is -2.48. The lowest BCUT2D eigenvalue weighted by Gasteiger charge is -2.29. The lowest BCUT2D eigenvalue weighted by atomic mass is 9.86. The van der Waals surface area contributed by atoms with Crippen LogP contribution in [-0.2, 0) is 9.53 Å². The van der Waals surface area contributed by atoms with E-state index in [-0.39, 0.29) is 28.1 Å². The van der Waals surface area contributed by atoms with Crippen LogP contribution in [0.5, 0.6) is 11.5 Å². The Morgan fingerprint density at radius 2 is 1.86 bits per heavy atom. The van der Waals surface area contributed by atoms with Crippen molar-refractivity contribution in [1.82, 2.24) is 10.6 Å². The van der Waals surface area contributed by atoms with Crippen LogP contribution in [0.2, 0.25) is 5.02 Å². The number of hydrogen-bond donors (Lipinski definition) is 2. The summed E-state index contributed by atoms with van der Waals surface area (Å²) >= 11 is 6.05. The number of ether oxygens (including phenoxy) is 3. The van der Waals surface area contributed by atoms with Crippen LogP contribution in [0, 0.1) is 5.92 Å². The number of carbonyl (C=O) groups is 3. The standard InChI is InChI=1S/C19H25ClN2O6/c1-11-6-4-5-7-14(11)21-19(25)22-16(23)10-28-18(24)12-8-13(20)17(27-3)15(9-12)26-2/h8-9,11,14H,4-7,10H2,1-3H3,(H2,21,22,23,25)/t11-,14+/m0/s1. The largest absolute Gasteiger partial charge is 0.493 e. The Morgan fingerprint density at radius 1 is 1.14 bits per heavy atom. The molecule has 0 saturated heterocycles. The molecule has 8 nitrogen and oxygen atoms in total. The number of hydrogen-bond acceptors (Lipinski definition) is 6. The molecule has 0 bridgehead atoms. The Balaban J connectivity index is 1.86. The second kappa shape index (κ2) is 10.2. The quantitative estimate of drug-likeness (QED) is 0.696. The zero-order valence-corrected chi connectivity index (χ0v) is 16.9. The highest BCUT2D eigenvalue weighted by molar-refractivity contribution is 6.32. The van der Waals surface area contributed by atoms with E-state index in [1.165, 1.54) is 26.4 Å². The maximum Gasteiger partial charge on any atom is 0.338 e. The molecular weight excluding hydrogens is 388 g/mol. The predicted octanol–water partition coefficient (Wildman–Crippen LogP) is 2.92. The molecule has 0 radical (unpaired) electrons. The highest BCUT2D eigenvalue weighted by atomic mass is 35.5. The number of methoxy groups -OCH3 is 2. The van der Waals surface area contributed by atoms with Crippen LogP contribution >= 0.6 is 11.6 Å². The fourth-order valence-electron chi connectivity index (χ4n) is 3.15. The fourth-order valence-corrected chi connectivity index (χ4v) is 3.44. The summed E-state index contributed by atoms with van der Waals surface area (Å²) in [5, 5.41) is 5.13. The van der Waals surface area contributed by atoms with Gasteiger partial charge in [0.15, 0.2) is 18.1 Å². The minimum atomic E-state index is -0.778. The number of benzene rings is 1. The molecule has 9 heteroatoms. The molecule has 2 rings (SSSR count). The van der Waals surface area contributed by atoms with Gasteiger partial charge in [0.2, 0.25) is 0 Å². The van der Waals surface area contributed by atoms with Crippen molar-refractivity contribution in [3.63, 3.8) is 0 Å². The molecule has 1 aromatic rings. The van der Waals surface area contributed by atoms with Crippen LogP contribution in [0.4, 0.5) is 4.79 Å². The number of carbonyl (C=O) groups excluding carboxylic acids is 3. The molecule has 2 N–H and O–H groups in total. The van der Waals surface area contributed by atoms with Gasteiger partial charge in [-0.05, 0) is 30.9 Å². The van der Waals surface area contributed by atoms with Gasteiger partial charge in [-0.3, -0.25) is 10.1 Å². The number of rotatable bonds is 6. The minimum absolute atomic E-state index is 0.0398. The van der Waals surface area contributed by atoms with Gasteiger partial charge in [-0.25, -0.2) is 9.59 Å². The van der Waals surface area contributed by atoms with Crippen molar-refractivity contribution < 1.29 is 28.6 Å². The van der Waals surface area contributed by atoms with E-state index in [1.54, 1.807) is 0 Å². The highest BCUT2D eigenvalue weighted by Gasteiger charge is 2.23. The Bertz CT molecular complexity index is 739. The molecule has 28 heavy (non-hydrogen) atoms. The second-order valence-electron chi connectivity index (χ2n) is 6.66. The van der Waals surface area contributed by atoms with Gasteiger partial charge in [-0.15, -0.1) is 0 Å². The topological polar surface area (TPSA) is 103 Å². The van der Waals surface area contributed by atoms with Gasteiger partial charge < -0.3 is 19.5 Å². The molecule has 0 spiro atoms. The Morgan fingerprint density at radius 3 is 2.50 bits per heavy atom. The molecule has 0 unspecified atom stereocenters. The third-order valence-electron chi connectivity index (χ3n) is 4.68. The summed E-state index contributed by atoms with van der Waals surface area (Å²) in [6.45, 7) is 1.47. The first-order valence-electron chi connectivity index (χ1n) is 9.04. The van der Waals surface area contributed by atoms with Gasteiger partial charge in [-0.1, -0.05) is 31.4 Å². The van der Waals surface area contributed by atoms with Crippen molar-refractivity contribution in [2.45, 2.75) is 38.6 Å². The third kappa shape index (κ3) is 5.76. The van der Waals surface area contributed by atoms with Crippen molar-refractivity contribution in [2.24, 2.45) is 5.92 Å². The molecule has 154 valence electrons. The van der Waals surface area contributed by atoms with Gasteiger partial charge in [-0.2, -0.15) is 0 Å². The number of amides is 3. The average Bonchev–Trinajstić information content (AvgIpc) is 2.67. The normalized spacial score (nSPS) is 18.7. The SMILES string of the molecule is COc1cc(C(=O)OCC(=O)NC(=O)N[C@@H]2CCCC[C@@H]2C)cc(Cl)c1OC. The van der Waals surface area contributed by atoms with Gasteiger partial charge in [0.25, 0.3) is 5.91 Å². The molecule has 1 aliphatic carbocycles. The van der Waals surface area contributed by atoms with Crippen molar-refractivity contribution in [2.75, 3.05) is 20.8 Å². The van der Waals surface area contributed by atoms with Gasteiger partial charge >= 0.3 is 12.0 Å². The Kier molecular flexibility index (Phi) is 7.92. The summed E-state index contributed by atoms with van der Waals surface area (Å²) < 4.78 is 15.2. The van der Waals surface area contributed by atoms with E-state index in [0.29, 0.717) is 5.92 Å². The van der Waals surface area contributed by atoms with Gasteiger partial charge in [0.05, 0.1) is 24.8 Å². The van der Waals surface area contributed by atoms with Crippen LogP contribution < -0.4 is 20.1 Å². The number of nitrogens with one attached hydrogen (secondary N) is 2. The smallest absolute Gasteiger partial charge is 0.338 e. The zero-order chi connectivity index (χ0) is 20.7. The molecule has 1 fully saturated rings. The van der Waals surface area contributed by atoms with E-state index in [4.69, 9.17) is 25.8 Å². The van der Waals surface area contributed by atoms with E-state index >= 15 is 0 Å². The van der Waals surface area contributed by atoms with Crippen molar-refractivity contribution in [1.29, 1.82) is 0 Å². The Labute approximate surface area is 168 Å². The van der Waals surface area contributed by atoms with E-state index in [9.17, 15) is 14.4 Å². The number of esters is 1. The van der Waals surface area contributed by atoms with Crippen molar-refractivity contribution in [3.8, 4) is 11.5 Å². The van der Waals surface area contributed by atoms with Crippen molar-refractivity contribution >= 4 is 29.5 Å². The van der Waals surface area contributed by atoms with Gasteiger partial charge in [0, 0.05) is 6.04 Å². The maximum absolute atomic E-state index is 12.2. The van der Waals surface area contributed by atoms with E-state index in [0.717, 1.165) is 25.7 Å².